The summed E-state index contributed by atoms with van der Waals surface area (Å²) in [6.45, 7) is 0.177. The van der Waals surface area contributed by atoms with Gasteiger partial charge < -0.3 is 15.2 Å². The molecule has 190 valence electrons. The van der Waals surface area contributed by atoms with E-state index in [-0.39, 0.29) is 17.4 Å². The highest BCUT2D eigenvalue weighted by atomic mass is 35.5. The number of aliphatic imine (C=N–C) groups is 1. The number of methoxy groups -OCH3 is 2. The molecule has 0 saturated carbocycles. The molecule has 0 aliphatic heterocycles. The number of ether oxygens (including phenoxy) is 2. The molecule has 3 N–H and O–H groups in total. The molecule has 0 spiro atoms. The number of guanidine groups is 1. The van der Waals surface area contributed by atoms with Crippen LogP contribution in [0.15, 0.2) is 101 Å². The van der Waals surface area contributed by atoms with Crippen molar-refractivity contribution < 1.29 is 17.9 Å². The van der Waals surface area contributed by atoms with Gasteiger partial charge in [-0.1, -0.05) is 54.1 Å². The van der Waals surface area contributed by atoms with Crippen molar-refractivity contribution in [3.8, 4) is 33.8 Å². The van der Waals surface area contributed by atoms with Crippen LogP contribution in [0.5, 0.6) is 11.5 Å². The Morgan fingerprint density at radius 1 is 0.838 bits per heavy atom. The van der Waals surface area contributed by atoms with Gasteiger partial charge in [-0.05, 0) is 70.3 Å². The van der Waals surface area contributed by atoms with Gasteiger partial charge in [0.2, 0.25) is 5.96 Å². The third-order valence-electron chi connectivity index (χ3n) is 5.66. The van der Waals surface area contributed by atoms with Gasteiger partial charge in [-0.15, -0.1) is 0 Å². The predicted molar refractivity (Wildman–Crippen MR) is 148 cm³/mol. The first-order valence-corrected chi connectivity index (χ1v) is 13.2. The summed E-state index contributed by atoms with van der Waals surface area (Å²) in [7, 11) is -0.819. The van der Waals surface area contributed by atoms with Crippen molar-refractivity contribution in [3.63, 3.8) is 0 Å². The Morgan fingerprint density at radius 3 is 2.16 bits per heavy atom. The van der Waals surface area contributed by atoms with Crippen molar-refractivity contribution in [2.24, 2.45) is 10.7 Å². The molecule has 0 radical (unpaired) electrons. The van der Waals surface area contributed by atoms with Crippen LogP contribution in [0, 0.1) is 0 Å². The smallest absolute Gasteiger partial charge is 0.264 e. The molecule has 0 aromatic heterocycles. The monoisotopic (exact) mass is 535 g/mol. The number of rotatable bonds is 8. The van der Waals surface area contributed by atoms with E-state index >= 15 is 0 Å². The van der Waals surface area contributed by atoms with Crippen molar-refractivity contribution in [2.75, 3.05) is 14.2 Å². The zero-order valence-corrected chi connectivity index (χ0v) is 21.9. The lowest BCUT2D eigenvalue weighted by Gasteiger charge is -2.13. The topological polar surface area (TPSA) is 103 Å². The summed E-state index contributed by atoms with van der Waals surface area (Å²) in [5.74, 6) is 0.967. The summed E-state index contributed by atoms with van der Waals surface area (Å²) in [4.78, 5) is 4.29. The molecule has 0 heterocycles. The molecule has 4 rings (SSSR count). The lowest BCUT2D eigenvalue weighted by atomic mass is 9.93. The number of halogens is 1. The van der Waals surface area contributed by atoms with Crippen LogP contribution in [0.2, 0.25) is 5.02 Å². The molecule has 0 aliphatic carbocycles. The molecule has 9 heteroatoms. The molecule has 7 nitrogen and oxygen atoms in total. The maximum Gasteiger partial charge on any atom is 0.264 e. The highest BCUT2D eigenvalue weighted by Gasteiger charge is 2.16. The van der Waals surface area contributed by atoms with Crippen LogP contribution in [-0.4, -0.2) is 28.6 Å². The van der Waals surface area contributed by atoms with Crippen molar-refractivity contribution in [1.82, 2.24) is 4.72 Å². The summed E-state index contributed by atoms with van der Waals surface area (Å²) in [5.41, 5.74) is 10.8. The minimum absolute atomic E-state index is 0.0270. The number of nitrogens with two attached hydrogens (primary N) is 1. The molecule has 0 unspecified atom stereocenters. The lowest BCUT2D eigenvalue weighted by molar-refractivity contribution is 0.413. The molecule has 37 heavy (non-hydrogen) atoms. The van der Waals surface area contributed by atoms with Crippen LogP contribution in [0.4, 0.5) is 0 Å². The molecule has 0 fully saturated rings. The van der Waals surface area contributed by atoms with E-state index in [1.54, 1.807) is 19.2 Å². The number of sulfonamides is 1. The molecule has 0 saturated heterocycles. The minimum atomic E-state index is -3.91. The third-order valence-corrected chi connectivity index (χ3v) is 7.27. The highest BCUT2D eigenvalue weighted by molar-refractivity contribution is 7.90. The summed E-state index contributed by atoms with van der Waals surface area (Å²) in [6.07, 6.45) is 0. The summed E-state index contributed by atoms with van der Waals surface area (Å²) < 4.78 is 38.1. The second kappa shape index (κ2) is 11.4. The fourth-order valence-corrected chi connectivity index (χ4v) is 4.87. The van der Waals surface area contributed by atoms with Crippen LogP contribution in [0.25, 0.3) is 22.3 Å². The van der Waals surface area contributed by atoms with Gasteiger partial charge in [-0.2, -0.15) is 0 Å². The average Bonchev–Trinajstić information content (AvgIpc) is 2.92. The summed E-state index contributed by atoms with van der Waals surface area (Å²) in [6, 6.07) is 27.5. The second-order valence-corrected chi connectivity index (χ2v) is 10.2. The van der Waals surface area contributed by atoms with Crippen LogP contribution < -0.4 is 19.9 Å². The number of nitrogens with one attached hydrogen (secondary N) is 1. The van der Waals surface area contributed by atoms with E-state index in [4.69, 9.17) is 26.8 Å². The Labute approximate surface area is 221 Å². The van der Waals surface area contributed by atoms with E-state index in [1.165, 1.54) is 19.2 Å². The van der Waals surface area contributed by atoms with Crippen LogP contribution in [-0.2, 0) is 16.6 Å². The first-order valence-electron chi connectivity index (χ1n) is 11.3. The maximum absolute atomic E-state index is 12.7. The third kappa shape index (κ3) is 6.41. The maximum atomic E-state index is 12.7. The Bertz CT molecular complexity index is 1520. The van der Waals surface area contributed by atoms with Gasteiger partial charge in [0, 0.05) is 11.1 Å². The second-order valence-electron chi connectivity index (χ2n) is 8.10. The largest absolute Gasteiger partial charge is 0.497 e. The molecule has 4 aromatic carbocycles. The van der Waals surface area contributed by atoms with E-state index in [1.807, 2.05) is 66.7 Å². The quantitative estimate of drug-likeness (QED) is 0.229. The van der Waals surface area contributed by atoms with Gasteiger partial charge in [0.15, 0.2) is 0 Å². The van der Waals surface area contributed by atoms with Crippen molar-refractivity contribution in [2.45, 2.75) is 11.4 Å². The molecule has 0 amide bonds. The Kier molecular flexibility index (Phi) is 8.01. The number of hydrogen-bond acceptors (Lipinski definition) is 5. The first-order chi connectivity index (χ1) is 17.8. The zero-order valence-electron chi connectivity index (χ0n) is 20.3. The summed E-state index contributed by atoms with van der Waals surface area (Å²) in [5, 5.41) is 0.660. The molecule has 0 aliphatic rings. The van der Waals surface area contributed by atoms with Gasteiger partial charge >= 0.3 is 0 Å². The molecular weight excluding hydrogens is 510 g/mol. The summed E-state index contributed by atoms with van der Waals surface area (Å²) >= 11 is 6.09. The SMILES string of the molecule is COc1ccc(-c2cc(CN=C(N)NS(=O)(=O)c3cccc(OC)c3)ccc2-c2ccc(Cl)cc2)cc1. The lowest BCUT2D eigenvalue weighted by Crippen LogP contribution is -2.36. The van der Waals surface area contributed by atoms with Gasteiger partial charge in [0.05, 0.1) is 25.7 Å². The fraction of sp³-hybridized carbons (Fsp3) is 0.107. The van der Waals surface area contributed by atoms with E-state index in [0.29, 0.717) is 10.8 Å². The number of hydrogen-bond donors (Lipinski definition) is 2. The standard InChI is InChI=1S/C28H26ClN3O4S/c1-35-23-13-9-21(10-14-23)27-16-19(6-15-26(27)20-7-11-22(29)12-8-20)18-31-28(30)32-37(33,34)25-5-3-4-24(17-25)36-2/h3-17H,18H2,1-2H3,(H3,30,31,32). The Morgan fingerprint density at radius 2 is 1.49 bits per heavy atom. The van der Waals surface area contributed by atoms with Crippen molar-refractivity contribution >= 4 is 27.6 Å². The van der Waals surface area contributed by atoms with Crippen LogP contribution >= 0.6 is 11.6 Å². The van der Waals surface area contributed by atoms with E-state index < -0.39 is 10.0 Å². The van der Waals surface area contributed by atoms with E-state index in [2.05, 4.69) is 9.71 Å². The molecular formula is C28H26ClN3O4S. The average molecular weight is 536 g/mol. The Balaban J connectivity index is 1.62. The Hall–Kier alpha value is -4.01. The van der Waals surface area contributed by atoms with Crippen molar-refractivity contribution in [3.05, 3.63) is 102 Å². The molecule has 0 bridgehead atoms. The van der Waals surface area contributed by atoms with Crippen LogP contribution in [0.3, 0.4) is 0 Å². The minimum Gasteiger partial charge on any atom is -0.497 e. The number of nitrogens with zero attached hydrogens (tertiary/aromatic N) is 1. The van der Waals surface area contributed by atoms with Gasteiger partial charge in [0.1, 0.15) is 11.5 Å². The van der Waals surface area contributed by atoms with Gasteiger partial charge in [0.25, 0.3) is 10.0 Å². The van der Waals surface area contributed by atoms with Crippen molar-refractivity contribution in [1.29, 1.82) is 0 Å². The van der Waals surface area contributed by atoms with E-state index in [0.717, 1.165) is 33.6 Å². The number of benzene rings is 4. The van der Waals surface area contributed by atoms with Gasteiger partial charge in [-0.25, -0.2) is 18.1 Å². The predicted octanol–water partition coefficient (Wildman–Crippen LogP) is 5.48. The fourth-order valence-electron chi connectivity index (χ4n) is 3.75. The molecule has 0 atom stereocenters. The first kappa shape index (κ1) is 26.1. The van der Waals surface area contributed by atoms with Crippen LogP contribution in [0.1, 0.15) is 5.56 Å². The normalized spacial score (nSPS) is 11.7. The highest BCUT2D eigenvalue weighted by Crippen LogP contribution is 2.34. The zero-order chi connectivity index (χ0) is 26.4. The van der Waals surface area contributed by atoms with E-state index in [9.17, 15) is 8.42 Å². The molecule has 4 aromatic rings. The van der Waals surface area contributed by atoms with Gasteiger partial charge in [-0.3, -0.25) is 0 Å².